The van der Waals surface area contributed by atoms with Crippen LogP contribution in [0.4, 0.5) is 4.39 Å². The second-order valence-corrected chi connectivity index (χ2v) is 6.12. The average molecular weight is 282 g/mol. The smallest absolute Gasteiger partial charge is 0.127 e. The fourth-order valence-electron chi connectivity index (χ4n) is 1.82. The molecule has 1 atom stereocenters. The van der Waals surface area contributed by atoms with Gasteiger partial charge in [0.25, 0.3) is 0 Å². The molecule has 2 N–H and O–H groups in total. The molecule has 0 aliphatic heterocycles. The number of nitrogens with two attached hydrogens (primary N) is 1. The van der Waals surface area contributed by atoms with E-state index >= 15 is 0 Å². The van der Waals surface area contributed by atoms with Crippen LogP contribution < -0.4 is 5.73 Å². The van der Waals surface area contributed by atoms with E-state index in [4.69, 9.17) is 18.0 Å². The maximum Gasteiger partial charge on any atom is 0.127 e. The maximum absolute atomic E-state index is 13.7. The van der Waals surface area contributed by atoms with E-state index in [-0.39, 0.29) is 17.3 Å². The maximum atomic E-state index is 13.7. The van der Waals surface area contributed by atoms with Gasteiger partial charge in [-0.25, -0.2) is 4.39 Å². The van der Waals surface area contributed by atoms with Gasteiger partial charge in [-0.15, -0.1) is 0 Å². The summed E-state index contributed by atoms with van der Waals surface area (Å²) in [4.78, 5) is 2.65. The van der Waals surface area contributed by atoms with Gasteiger partial charge in [-0.2, -0.15) is 0 Å². The van der Waals surface area contributed by atoms with Crippen LogP contribution in [0, 0.1) is 11.2 Å². The molecule has 106 valence electrons. The van der Waals surface area contributed by atoms with Gasteiger partial charge >= 0.3 is 0 Å². The van der Waals surface area contributed by atoms with Gasteiger partial charge in [-0.3, -0.25) is 4.90 Å². The first-order valence-corrected chi connectivity index (χ1v) is 6.91. The molecule has 2 nitrogen and oxygen atoms in total. The van der Waals surface area contributed by atoms with Gasteiger partial charge in [0, 0.05) is 17.0 Å². The first-order chi connectivity index (χ1) is 8.75. The number of nitrogens with zero attached hydrogens (tertiary/aromatic N) is 1. The lowest BCUT2D eigenvalue weighted by Gasteiger charge is -2.30. The third kappa shape index (κ3) is 4.25. The standard InChI is InChI=1S/C15H23FN2S/c1-11(12-7-5-6-8-13(12)16)18(4)10-9-15(2,3)14(17)19/h5-8,11H,9-10H2,1-4H3,(H2,17,19). The Hall–Kier alpha value is -1.00. The highest BCUT2D eigenvalue weighted by molar-refractivity contribution is 7.80. The predicted octanol–water partition coefficient (Wildman–Crippen LogP) is 3.52. The summed E-state index contributed by atoms with van der Waals surface area (Å²) in [7, 11) is 1.99. The average Bonchev–Trinajstić information content (AvgIpc) is 2.35. The minimum atomic E-state index is -0.168. The molecule has 0 aliphatic rings. The van der Waals surface area contributed by atoms with Crippen LogP contribution in [0.2, 0.25) is 0 Å². The van der Waals surface area contributed by atoms with Crippen molar-refractivity contribution in [1.29, 1.82) is 0 Å². The fraction of sp³-hybridized carbons (Fsp3) is 0.533. The molecule has 0 bridgehead atoms. The summed E-state index contributed by atoms with van der Waals surface area (Å²) in [5.41, 5.74) is 6.27. The molecule has 1 aromatic carbocycles. The zero-order valence-electron chi connectivity index (χ0n) is 12.1. The molecular weight excluding hydrogens is 259 g/mol. The van der Waals surface area contributed by atoms with Gasteiger partial charge < -0.3 is 5.73 Å². The van der Waals surface area contributed by atoms with Crippen molar-refractivity contribution < 1.29 is 4.39 Å². The van der Waals surface area contributed by atoms with E-state index in [0.717, 1.165) is 18.5 Å². The van der Waals surface area contributed by atoms with Gasteiger partial charge in [0.05, 0.1) is 4.99 Å². The molecular formula is C15H23FN2S. The second-order valence-electron chi connectivity index (χ2n) is 5.68. The number of halogens is 1. The molecule has 0 aromatic heterocycles. The van der Waals surface area contributed by atoms with Gasteiger partial charge in [-0.1, -0.05) is 44.3 Å². The molecule has 0 radical (unpaired) electrons. The Bertz CT molecular complexity index is 446. The monoisotopic (exact) mass is 282 g/mol. The number of hydrogen-bond acceptors (Lipinski definition) is 2. The molecule has 0 aliphatic carbocycles. The van der Waals surface area contributed by atoms with Crippen LogP contribution in [0.25, 0.3) is 0 Å². The van der Waals surface area contributed by atoms with E-state index in [0.29, 0.717) is 4.99 Å². The van der Waals surface area contributed by atoms with Crippen molar-refractivity contribution in [2.75, 3.05) is 13.6 Å². The minimum absolute atomic E-state index is 0.0309. The van der Waals surface area contributed by atoms with Crippen LogP contribution in [0.3, 0.4) is 0 Å². The largest absolute Gasteiger partial charge is 0.393 e. The highest BCUT2D eigenvalue weighted by Crippen LogP contribution is 2.25. The Balaban J connectivity index is 2.66. The van der Waals surface area contributed by atoms with E-state index in [1.54, 1.807) is 6.07 Å². The molecule has 0 saturated heterocycles. The molecule has 0 fully saturated rings. The number of hydrogen-bond donors (Lipinski definition) is 1. The van der Waals surface area contributed by atoms with E-state index in [9.17, 15) is 4.39 Å². The van der Waals surface area contributed by atoms with Crippen LogP contribution in [0.5, 0.6) is 0 Å². The van der Waals surface area contributed by atoms with E-state index in [1.807, 2.05) is 40.0 Å². The highest BCUT2D eigenvalue weighted by atomic mass is 32.1. The van der Waals surface area contributed by atoms with Crippen molar-refractivity contribution in [2.24, 2.45) is 11.1 Å². The number of benzene rings is 1. The molecule has 0 heterocycles. The van der Waals surface area contributed by atoms with Gasteiger partial charge in [0.2, 0.25) is 0 Å². The highest BCUT2D eigenvalue weighted by Gasteiger charge is 2.23. The Kier molecular flexibility index (Phi) is 5.44. The molecule has 0 amide bonds. The second kappa shape index (κ2) is 6.44. The number of rotatable bonds is 6. The van der Waals surface area contributed by atoms with Crippen LogP contribution in [0.1, 0.15) is 38.8 Å². The lowest BCUT2D eigenvalue weighted by Crippen LogP contribution is -2.34. The quantitative estimate of drug-likeness (QED) is 0.809. The lowest BCUT2D eigenvalue weighted by molar-refractivity contribution is 0.231. The molecule has 1 unspecified atom stereocenters. The van der Waals surface area contributed by atoms with E-state index in [2.05, 4.69) is 4.90 Å². The van der Waals surface area contributed by atoms with E-state index < -0.39 is 0 Å². The third-order valence-corrected chi connectivity index (χ3v) is 4.33. The molecule has 19 heavy (non-hydrogen) atoms. The molecule has 0 saturated carbocycles. The topological polar surface area (TPSA) is 29.3 Å². The molecule has 1 rings (SSSR count). The van der Waals surface area contributed by atoms with Crippen LogP contribution in [-0.4, -0.2) is 23.5 Å². The Morgan fingerprint density at radius 1 is 1.42 bits per heavy atom. The Morgan fingerprint density at radius 3 is 2.53 bits per heavy atom. The van der Waals surface area contributed by atoms with Crippen LogP contribution in [-0.2, 0) is 0 Å². The predicted molar refractivity (Wildman–Crippen MR) is 82.6 cm³/mol. The molecule has 0 spiro atoms. The van der Waals surface area contributed by atoms with Crippen LogP contribution in [0.15, 0.2) is 24.3 Å². The summed E-state index contributed by atoms with van der Waals surface area (Å²) in [5.74, 6) is -0.157. The zero-order valence-corrected chi connectivity index (χ0v) is 12.9. The van der Waals surface area contributed by atoms with Crippen molar-refractivity contribution in [3.63, 3.8) is 0 Å². The SMILES string of the molecule is CC(c1ccccc1F)N(C)CCC(C)(C)C(N)=S. The molecule has 4 heteroatoms. The van der Waals surface area contributed by atoms with E-state index in [1.165, 1.54) is 6.07 Å². The van der Waals surface area contributed by atoms with Gasteiger partial charge in [0.1, 0.15) is 5.82 Å². The Labute approximate surface area is 120 Å². The summed E-state index contributed by atoms with van der Waals surface area (Å²) < 4.78 is 13.7. The summed E-state index contributed by atoms with van der Waals surface area (Å²) in [6, 6.07) is 6.93. The third-order valence-electron chi connectivity index (χ3n) is 3.77. The number of thiocarbonyl (C=S) groups is 1. The molecule has 1 aromatic rings. The van der Waals surface area contributed by atoms with Crippen molar-refractivity contribution in [3.05, 3.63) is 35.6 Å². The summed E-state index contributed by atoms with van der Waals surface area (Å²) >= 11 is 5.06. The first kappa shape index (κ1) is 16.1. The van der Waals surface area contributed by atoms with Crippen LogP contribution >= 0.6 is 12.2 Å². The minimum Gasteiger partial charge on any atom is -0.393 e. The summed E-state index contributed by atoms with van der Waals surface area (Å²) in [6.07, 6.45) is 0.859. The van der Waals surface area contributed by atoms with Gasteiger partial charge in [0.15, 0.2) is 0 Å². The summed E-state index contributed by atoms with van der Waals surface area (Å²) in [6.45, 7) is 6.90. The fourth-order valence-corrected chi connectivity index (χ4v) is 1.93. The normalized spacial score (nSPS) is 13.6. The van der Waals surface area contributed by atoms with Crippen molar-refractivity contribution in [3.8, 4) is 0 Å². The van der Waals surface area contributed by atoms with Crippen molar-refractivity contribution in [2.45, 2.75) is 33.2 Å². The summed E-state index contributed by atoms with van der Waals surface area (Å²) in [5, 5.41) is 0. The van der Waals surface area contributed by atoms with Crippen molar-refractivity contribution in [1.82, 2.24) is 4.90 Å². The van der Waals surface area contributed by atoms with Gasteiger partial charge in [-0.05, 0) is 33.0 Å². The lowest BCUT2D eigenvalue weighted by atomic mass is 9.89. The van der Waals surface area contributed by atoms with Crippen molar-refractivity contribution >= 4 is 17.2 Å². The Morgan fingerprint density at radius 2 is 2.00 bits per heavy atom. The first-order valence-electron chi connectivity index (χ1n) is 6.50. The zero-order chi connectivity index (χ0) is 14.6.